The van der Waals surface area contributed by atoms with Crippen LogP contribution in [0.15, 0.2) is 83.8 Å². The fourth-order valence-corrected chi connectivity index (χ4v) is 3.93. The molecule has 31 heavy (non-hydrogen) atoms. The Hall–Kier alpha value is -3.65. The number of rotatable bonds is 8. The molecule has 0 heterocycles. The van der Waals surface area contributed by atoms with Gasteiger partial charge in [0.2, 0.25) is 0 Å². The Morgan fingerprint density at radius 1 is 0.839 bits per heavy atom. The predicted molar refractivity (Wildman–Crippen MR) is 118 cm³/mol. The summed E-state index contributed by atoms with van der Waals surface area (Å²) in [5.41, 5.74) is 2.23. The van der Waals surface area contributed by atoms with Crippen LogP contribution < -0.4 is 10.0 Å². The minimum Gasteiger partial charge on any atom is -0.465 e. The highest BCUT2D eigenvalue weighted by Crippen LogP contribution is 2.16. The topological polar surface area (TPSA) is 102 Å². The largest absolute Gasteiger partial charge is 0.465 e. The molecule has 2 N–H and O–H groups in total. The van der Waals surface area contributed by atoms with E-state index in [0.29, 0.717) is 29.8 Å². The lowest BCUT2D eigenvalue weighted by Gasteiger charge is -2.09. The van der Waals surface area contributed by atoms with Crippen LogP contribution in [-0.4, -0.2) is 33.9 Å². The SMILES string of the molecule is COC(=O)c1ccc(CCNC(=O)c2ccc(NS(=O)(=O)c3ccccc3)cc2)cc1. The summed E-state index contributed by atoms with van der Waals surface area (Å²) in [5, 5.41) is 2.82. The van der Waals surface area contributed by atoms with Crippen molar-refractivity contribution in [2.24, 2.45) is 0 Å². The smallest absolute Gasteiger partial charge is 0.337 e. The molecule has 3 rings (SSSR count). The summed E-state index contributed by atoms with van der Waals surface area (Å²) in [7, 11) is -2.35. The Labute approximate surface area is 181 Å². The fraction of sp³-hybridized carbons (Fsp3) is 0.130. The number of nitrogens with one attached hydrogen (secondary N) is 2. The van der Waals surface area contributed by atoms with Gasteiger partial charge in [-0.1, -0.05) is 30.3 Å². The van der Waals surface area contributed by atoms with Gasteiger partial charge in [-0.2, -0.15) is 0 Å². The second kappa shape index (κ2) is 9.90. The van der Waals surface area contributed by atoms with Gasteiger partial charge in [0, 0.05) is 17.8 Å². The molecule has 0 fully saturated rings. The molecule has 0 saturated carbocycles. The monoisotopic (exact) mass is 438 g/mol. The van der Waals surface area contributed by atoms with Crippen LogP contribution in [0.4, 0.5) is 5.69 Å². The molecule has 0 unspecified atom stereocenters. The van der Waals surface area contributed by atoms with E-state index in [4.69, 9.17) is 0 Å². The van der Waals surface area contributed by atoms with Gasteiger partial charge in [-0.05, 0) is 60.5 Å². The van der Waals surface area contributed by atoms with Crippen molar-refractivity contribution in [3.8, 4) is 0 Å². The fourth-order valence-electron chi connectivity index (χ4n) is 2.85. The molecule has 0 bridgehead atoms. The normalized spacial score (nSPS) is 10.9. The molecule has 0 saturated heterocycles. The van der Waals surface area contributed by atoms with Gasteiger partial charge in [0.05, 0.1) is 17.6 Å². The lowest BCUT2D eigenvalue weighted by Crippen LogP contribution is -2.25. The van der Waals surface area contributed by atoms with Crippen LogP contribution >= 0.6 is 0 Å². The molecule has 0 aliphatic heterocycles. The van der Waals surface area contributed by atoms with Gasteiger partial charge in [0.25, 0.3) is 15.9 Å². The van der Waals surface area contributed by atoms with Crippen molar-refractivity contribution >= 4 is 27.6 Å². The third kappa shape index (κ3) is 5.93. The van der Waals surface area contributed by atoms with Crippen molar-refractivity contribution < 1.29 is 22.7 Å². The van der Waals surface area contributed by atoms with Crippen LogP contribution in [0.1, 0.15) is 26.3 Å². The maximum atomic E-state index is 12.4. The second-order valence-electron chi connectivity index (χ2n) is 6.69. The molecular formula is C23H22N2O5S. The first-order valence-corrected chi connectivity index (χ1v) is 11.0. The molecule has 3 aromatic rings. The van der Waals surface area contributed by atoms with Gasteiger partial charge in [0.15, 0.2) is 0 Å². The Morgan fingerprint density at radius 3 is 2.06 bits per heavy atom. The van der Waals surface area contributed by atoms with E-state index in [9.17, 15) is 18.0 Å². The number of amides is 1. The van der Waals surface area contributed by atoms with Gasteiger partial charge in [0.1, 0.15) is 0 Å². The van der Waals surface area contributed by atoms with Crippen molar-refractivity contribution in [2.75, 3.05) is 18.4 Å². The quantitative estimate of drug-likeness (QED) is 0.526. The van der Waals surface area contributed by atoms with Crippen molar-refractivity contribution in [3.05, 3.63) is 95.6 Å². The maximum Gasteiger partial charge on any atom is 0.337 e. The summed E-state index contributed by atoms with van der Waals surface area (Å²) in [5.74, 6) is -0.655. The summed E-state index contributed by atoms with van der Waals surface area (Å²) in [6.45, 7) is 0.415. The number of hydrogen-bond donors (Lipinski definition) is 2. The number of benzene rings is 3. The summed E-state index contributed by atoms with van der Waals surface area (Å²) in [4.78, 5) is 23.9. The Morgan fingerprint density at radius 2 is 1.45 bits per heavy atom. The van der Waals surface area contributed by atoms with Gasteiger partial charge < -0.3 is 10.1 Å². The minimum absolute atomic E-state index is 0.163. The zero-order valence-corrected chi connectivity index (χ0v) is 17.7. The first-order valence-electron chi connectivity index (χ1n) is 9.52. The molecule has 3 aromatic carbocycles. The molecule has 0 aliphatic carbocycles. The van der Waals surface area contributed by atoms with E-state index >= 15 is 0 Å². The van der Waals surface area contributed by atoms with E-state index < -0.39 is 16.0 Å². The molecule has 0 aromatic heterocycles. The number of carbonyl (C=O) groups is 2. The zero-order valence-electron chi connectivity index (χ0n) is 16.9. The first kappa shape index (κ1) is 22.0. The highest BCUT2D eigenvalue weighted by molar-refractivity contribution is 7.92. The van der Waals surface area contributed by atoms with Crippen LogP contribution in [0.5, 0.6) is 0 Å². The van der Waals surface area contributed by atoms with Crippen LogP contribution in [0.25, 0.3) is 0 Å². The van der Waals surface area contributed by atoms with Gasteiger partial charge >= 0.3 is 5.97 Å². The van der Waals surface area contributed by atoms with Gasteiger partial charge in [-0.3, -0.25) is 9.52 Å². The van der Waals surface area contributed by atoms with E-state index in [1.807, 2.05) is 12.1 Å². The van der Waals surface area contributed by atoms with Crippen molar-refractivity contribution in [3.63, 3.8) is 0 Å². The first-order chi connectivity index (χ1) is 14.9. The minimum atomic E-state index is -3.68. The van der Waals surface area contributed by atoms with Crippen molar-refractivity contribution in [2.45, 2.75) is 11.3 Å². The zero-order chi connectivity index (χ0) is 22.3. The summed E-state index contributed by atoms with van der Waals surface area (Å²) < 4.78 is 31.9. The lowest BCUT2D eigenvalue weighted by molar-refractivity contribution is 0.0600. The maximum absolute atomic E-state index is 12.4. The number of methoxy groups -OCH3 is 1. The standard InChI is InChI=1S/C23H22N2O5S/c1-30-23(27)19-9-7-17(8-10-19)15-16-24-22(26)18-11-13-20(14-12-18)25-31(28,29)21-5-3-2-4-6-21/h2-14,25H,15-16H2,1H3,(H,24,26). The summed E-state index contributed by atoms with van der Waals surface area (Å²) in [6, 6.07) is 21.2. The van der Waals surface area contributed by atoms with Gasteiger partial charge in [-0.15, -0.1) is 0 Å². The summed E-state index contributed by atoms with van der Waals surface area (Å²) in [6.07, 6.45) is 0.599. The van der Waals surface area contributed by atoms with E-state index in [0.717, 1.165) is 5.56 Å². The van der Waals surface area contributed by atoms with Crippen molar-refractivity contribution in [1.29, 1.82) is 0 Å². The molecule has 0 aliphatic rings. The third-order valence-electron chi connectivity index (χ3n) is 4.53. The van der Waals surface area contributed by atoms with Crippen molar-refractivity contribution in [1.82, 2.24) is 5.32 Å². The number of carbonyl (C=O) groups excluding carboxylic acids is 2. The Kier molecular flexibility index (Phi) is 7.04. The number of ether oxygens (including phenoxy) is 1. The number of sulfonamides is 1. The predicted octanol–water partition coefficient (Wildman–Crippen LogP) is 3.25. The van der Waals surface area contributed by atoms with Crippen LogP contribution in [0.2, 0.25) is 0 Å². The Bertz CT molecular complexity index is 1140. The van der Waals surface area contributed by atoms with E-state index in [1.54, 1.807) is 54.6 Å². The molecule has 0 spiro atoms. The van der Waals surface area contributed by atoms with E-state index in [1.165, 1.54) is 19.2 Å². The highest BCUT2D eigenvalue weighted by Gasteiger charge is 2.14. The second-order valence-corrected chi connectivity index (χ2v) is 8.37. The van der Waals surface area contributed by atoms with E-state index in [2.05, 4.69) is 14.8 Å². The number of anilines is 1. The van der Waals surface area contributed by atoms with E-state index in [-0.39, 0.29) is 10.8 Å². The van der Waals surface area contributed by atoms with Crippen LogP contribution in [-0.2, 0) is 21.2 Å². The highest BCUT2D eigenvalue weighted by atomic mass is 32.2. The average Bonchev–Trinajstić information content (AvgIpc) is 2.80. The molecule has 160 valence electrons. The lowest BCUT2D eigenvalue weighted by atomic mass is 10.1. The Balaban J connectivity index is 1.53. The average molecular weight is 439 g/mol. The van der Waals surface area contributed by atoms with Crippen LogP contribution in [0.3, 0.4) is 0 Å². The molecular weight excluding hydrogens is 416 g/mol. The molecule has 0 radical (unpaired) electrons. The molecule has 1 amide bonds. The summed E-state index contributed by atoms with van der Waals surface area (Å²) >= 11 is 0. The van der Waals surface area contributed by atoms with Gasteiger partial charge in [-0.25, -0.2) is 13.2 Å². The number of esters is 1. The van der Waals surface area contributed by atoms with Crippen LogP contribution in [0, 0.1) is 0 Å². The molecule has 7 nitrogen and oxygen atoms in total. The number of hydrogen-bond acceptors (Lipinski definition) is 5. The molecule has 8 heteroatoms. The third-order valence-corrected chi connectivity index (χ3v) is 5.92. The molecule has 0 atom stereocenters.